The van der Waals surface area contributed by atoms with Gasteiger partial charge in [-0.2, -0.15) is 0 Å². The summed E-state index contributed by atoms with van der Waals surface area (Å²) in [6.07, 6.45) is 0. The predicted molar refractivity (Wildman–Crippen MR) is 87.9 cm³/mol. The highest BCUT2D eigenvalue weighted by atomic mass is 79.9. The minimum absolute atomic E-state index is 0.101. The van der Waals surface area contributed by atoms with E-state index in [1.54, 1.807) is 18.2 Å². The summed E-state index contributed by atoms with van der Waals surface area (Å²) in [5.74, 6) is -0.522. The highest BCUT2D eigenvalue weighted by Crippen LogP contribution is 2.30. The van der Waals surface area contributed by atoms with Crippen LogP contribution in [-0.4, -0.2) is 10.8 Å². The molecular weight excluding hydrogens is 427 g/mol. The predicted octanol–water partition coefficient (Wildman–Crippen LogP) is 5.03. The Kier molecular flexibility index (Phi) is 4.97. The van der Waals surface area contributed by atoms with Crippen molar-refractivity contribution in [2.75, 3.05) is 5.32 Å². The second-order valence-electron chi connectivity index (χ2n) is 3.97. The molecule has 108 valence electrons. The van der Waals surface area contributed by atoms with E-state index in [1.807, 2.05) is 0 Å². The van der Waals surface area contributed by atoms with Gasteiger partial charge in [0.2, 0.25) is 0 Å². The zero-order valence-electron chi connectivity index (χ0n) is 10.3. The number of hydrogen-bond acceptors (Lipinski definition) is 3. The van der Waals surface area contributed by atoms with Crippen molar-refractivity contribution >= 4 is 60.7 Å². The Hall–Kier alpha value is -1.44. The summed E-state index contributed by atoms with van der Waals surface area (Å²) in [5, 5.41) is 13.8. The molecule has 21 heavy (non-hydrogen) atoms. The summed E-state index contributed by atoms with van der Waals surface area (Å²) in [5.41, 5.74) is 0.122. The molecule has 0 aromatic heterocycles. The number of nitro benzene ring substituents is 1. The lowest BCUT2D eigenvalue weighted by atomic mass is 10.2. The zero-order chi connectivity index (χ0) is 15.6. The van der Waals surface area contributed by atoms with E-state index in [0.717, 1.165) is 0 Å². The lowest BCUT2D eigenvalue weighted by molar-refractivity contribution is -0.384. The van der Waals surface area contributed by atoms with Crippen molar-refractivity contribution in [1.82, 2.24) is 0 Å². The number of nitrogens with one attached hydrogen (secondary N) is 1. The van der Waals surface area contributed by atoms with Gasteiger partial charge in [-0.1, -0.05) is 33.6 Å². The number of carbonyl (C=O) groups is 1. The Bertz CT molecular complexity index is 737. The highest BCUT2D eigenvalue weighted by molar-refractivity contribution is 9.10. The smallest absolute Gasteiger partial charge is 0.293 e. The molecule has 0 heterocycles. The lowest BCUT2D eigenvalue weighted by Crippen LogP contribution is -2.13. The van der Waals surface area contributed by atoms with E-state index in [2.05, 4.69) is 37.2 Å². The van der Waals surface area contributed by atoms with Crippen molar-refractivity contribution in [2.45, 2.75) is 0 Å². The first-order valence-corrected chi connectivity index (χ1v) is 7.56. The molecule has 2 aromatic carbocycles. The van der Waals surface area contributed by atoms with Crippen LogP contribution in [0.5, 0.6) is 0 Å². The van der Waals surface area contributed by atoms with Crippen molar-refractivity contribution < 1.29 is 9.72 Å². The number of anilines is 1. The van der Waals surface area contributed by atoms with Gasteiger partial charge in [0, 0.05) is 15.0 Å². The van der Waals surface area contributed by atoms with Gasteiger partial charge in [-0.3, -0.25) is 14.9 Å². The van der Waals surface area contributed by atoms with Crippen LogP contribution in [-0.2, 0) is 0 Å². The summed E-state index contributed by atoms with van der Waals surface area (Å²) in [4.78, 5) is 22.6. The molecule has 0 spiro atoms. The second-order valence-corrected chi connectivity index (χ2v) is 6.12. The van der Waals surface area contributed by atoms with E-state index in [0.29, 0.717) is 8.95 Å². The molecule has 8 heteroatoms. The van der Waals surface area contributed by atoms with Gasteiger partial charge in [0.05, 0.1) is 15.5 Å². The first kappa shape index (κ1) is 15.9. The minimum atomic E-state index is -0.567. The standard InChI is InChI=1S/C13H7Br2ClN2O3/c14-7-4-5-10(11(6-7)18(20)21)17-13(19)8-2-1-3-9(15)12(8)16/h1-6H,(H,17,19). The van der Waals surface area contributed by atoms with Crippen molar-refractivity contribution in [1.29, 1.82) is 0 Å². The summed E-state index contributed by atoms with van der Waals surface area (Å²) in [7, 11) is 0. The molecule has 1 amide bonds. The first-order valence-electron chi connectivity index (χ1n) is 5.59. The van der Waals surface area contributed by atoms with Crippen LogP contribution in [0.3, 0.4) is 0 Å². The van der Waals surface area contributed by atoms with Crippen LogP contribution in [0.1, 0.15) is 10.4 Å². The molecule has 0 bridgehead atoms. The third-order valence-corrected chi connectivity index (χ3v) is 4.39. The number of benzene rings is 2. The molecule has 0 atom stereocenters. The average molecular weight is 434 g/mol. The SMILES string of the molecule is O=C(Nc1ccc(Br)cc1[N+](=O)[O-])c1cccc(Br)c1Cl. The Balaban J connectivity index is 2.36. The van der Waals surface area contributed by atoms with Gasteiger partial charge in [-0.05, 0) is 40.2 Å². The first-order chi connectivity index (χ1) is 9.90. The molecule has 2 rings (SSSR count). The van der Waals surface area contributed by atoms with Gasteiger partial charge in [0.1, 0.15) is 5.69 Å². The number of nitro groups is 1. The molecule has 0 saturated carbocycles. The van der Waals surface area contributed by atoms with E-state index in [1.165, 1.54) is 18.2 Å². The molecule has 1 N–H and O–H groups in total. The summed E-state index contributed by atoms with van der Waals surface area (Å²) >= 11 is 12.4. The maximum atomic E-state index is 12.2. The van der Waals surface area contributed by atoms with E-state index in [-0.39, 0.29) is 22.0 Å². The maximum Gasteiger partial charge on any atom is 0.293 e. The number of hydrogen-bond donors (Lipinski definition) is 1. The van der Waals surface area contributed by atoms with Crippen LogP contribution in [0, 0.1) is 10.1 Å². The van der Waals surface area contributed by atoms with Crippen LogP contribution >= 0.6 is 43.5 Å². The molecule has 2 aromatic rings. The van der Waals surface area contributed by atoms with Gasteiger partial charge >= 0.3 is 0 Å². The highest BCUT2D eigenvalue weighted by Gasteiger charge is 2.19. The van der Waals surface area contributed by atoms with Crippen molar-refractivity contribution in [2.24, 2.45) is 0 Å². The number of rotatable bonds is 3. The van der Waals surface area contributed by atoms with Crippen LogP contribution in [0.2, 0.25) is 5.02 Å². The normalized spacial score (nSPS) is 10.2. The zero-order valence-corrected chi connectivity index (χ0v) is 14.2. The Morgan fingerprint density at radius 2 is 1.95 bits per heavy atom. The number of halogens is 3. The molecule has 0 unspecified atom stereocenters. The van der Waals surface area contributed by atoms with Gasteiger partial charge in [0.15, 0.2) is 0 Å². The molecule has 5 nitrogen and oxygen atoms in total. The second kappa shape index (κ2) is 6.55. The minimum Gasteiger partial charge on any atom is -0.316 e. The molecule has 0 aliphatic heterocycles. The molecule has 0 fully saturated rings. The summed E-state index contributed by atoms with van der Waals surface area (Å²) < 4.78 is 1.12. The van der Waals surface area contributed by atoms with Gasteiger partial charge in [-0.15, -0.1) is 0 Å². The monoisotopic (exact) mass is 432 g/mol. The molecule has 0 saturated heterocycles. The summed E-state index contributed by atoms with van der Waals surface area (Å²) in [6, 6.07) is 9.25. The van der Waals surface area contributed by atoms with Gasteiger partial charge in [0.25, 0.3) is 11.6 Å². The topological polar surface area (TPSA) is 72.2 Å². The Morgan fingerprint density at radius 3 is 2.62 bits per heavy atom. The van der Waals surface area contributed by atoms with Crippen LogP contribution in [0.4, 0.5) is 11.4 Å². The number of nitrogens with zero attached hydrogens (tertiary/aromatic N) is 1. The fourth-order valence-corrected chi connectivity index (χ4v) is 2.56. The summed E-state index contributed by atoms with van der Waals surface area (Å²) in [6.45, 7) is 0. The average Bonchev–Trinajstić information content (AvgIpc) is 2.43. The van der Waals surface area contributed by atoms with E-state index in [4.69, 9.17) is 11.6 Å². The third-order valence-electron chi connectivity index (χ3n) is 2.60. The lowest BCUT2D eigenvalue weighted by Gasteiger charge is -2.08. The number of carbonyl (C=O) groups excluding carboxylic acids is 1. The maximum absolute atomic E-state index is 12.2. The third kappa shape index (κ3) is 3.61. The van der Waals surface area contributed by atoms with Crippen molar-refractivity contribution in [3.05, 3.63) is 66.0 Å². The quantitative estimate of drug-likeness (QED) is 0.544. The van der Waals surface area contributed by atoms with Crippen LogP contribution in [0.25, 0.3) is 0 Å². The van der Waals surface area contributed by atoms with E-state index < -0.39 is 10.8 Å². The van der Waals surface area contributed by atoms with Crippen LogP contribution < -0.4 is 5.32 Å². The molecule has 0 aliphatic carbocycles. The molecule has 0 aliphatic rings. The number of amides is 1. The van der Waals surface area contributed by atoms with Crippen molar-refractivity contribution in [3.8, 4) is 0 Å². The molecular formula is C13H7Br2ClN2O3. The van der Waals surface area contributed by atoms with Gasteiger partial charge in [-0.25, -0.2) is 0 Å². The van der Waals surface area contributed by atoms with Gasteiger partial charge < -0.3 is 5.32 Å². The van der Waals surface area contributed by atoms with Crippen LogP contribution in [0.15, 0.2) is 45.3 Å². The fourth-order valence-electron chi connectivity index (χ4n) is 1.63. The Labute approximate surface area is 141 Å². The largest absolute Gasteiger partial charge is 0.316 e. The fraction of sp³-hybridized carbons (Fsp3) is 0. The Morgan fingerprint density at radius 1 is 1.24 bits per heavy atom. The molecule has 0 radical (unpaired) electrons. The van der Waals surface area contributed by atoms with Crippen molar-refractivity contribution in [3.63, 3.8) is 0 Å². The van der Waals surface area contributed by atoms with E-state index >= 15 is 0 Å². The van der Waals surface area contributed by atoms with E-state index in [9.17, 15) is 14.9 Å².